The summed E-state index contributed by atoms with van der Waals surface area (Å²) in [5.41, 5.74) is 0.397. The maximum Gasteiger partial charge on any atom is 0.313 e. The summed E-state index contributed by atoms with van der Waals surface area (Å²) < 4.78 is 0. The lowest BCUT2D eigenvalue weighted by molar-refractivity contribution is -0.136. The molecular weight excluding hydrogens is 304 g/mol. The lowest BCUT2D eigenvalue weighted by Crippen LogP contribution is -2.43. The molecule has 0 aliphatic heterocycles. The summed E-state index contributed by atoms with van der Waals surface area (Å²) in [5, 5.41) is 15.3. The minimum Gasteiger partial charge on any atom is -0.384 e. The zero-order chi connectivity index (χ0) is 17.6. The zero-order valence-electron chi connectivity index (χ0n) is 13.2. The van der Waals surface area contributed by atoms with Gasteiger partial charge in [0.2, 0.25) is 0 Å². The van der Waals surface area contributed by atoms with Gasteiger partial charge in [0.05, 0.1) is 6.54 Å². The maximum atomic E-state index is 11.9. The largest absolute Gasteiger partial charge is 0.384 e. The lowest BCUT2D eigenvalue weighted by Gasteiger charge is -2.24. The highest BCUT2D eigenvalue weighted by Crippen LogP contribution is 2.18. The number of hydrogen-bond acceptors (Lipinski definition) is 3. The molecule has 2 rings (SSSR count). The maximum absolute atomic E-state index is 11.9. The van der Waals surface area contributed by atoms with Crippen LogP contribution in [0.25, 0.3) is 0 Å². The molecule has 0 radical (unpaired) electrons. The predicted molar refractivity (Wildman–Crippen MR) is 92.0 cm³/mol. The van der Waals surface area contributed by atoms with Crippen LogP contribution in [0.4, 0.5) is 5.69 Å². The van der Waals surface area contributed by atoms with Gasteiger partial charge in [0, 0.05) is 11.3 Å². The SMILES string of the molecule is C#Cc1cccc(NC(=O)C(=O)NCC(C)(O)c2ccccc2)c1. The molecular formula is C19H18N2O3. The van der Waals surface area contributed by atoms with E-state index < -0.39 is 17.4 Å². The van der Waals surface area contributed by atoms with Crippen LogP contribution in [0.5, 0.6) is 0 Å². The van der Waals surface area contributed by atoms with Crippen molar-refractivity contribution in [1.82, 2.24) is 5.32 Å². The van der Waals surface area contributed by atoms with E-state index >= 15 is 0 Å². The summed E-state index contributed by atoms with van der Waals surface area (Å²) in [4.78, 5) is 23.8. The first-order chi connectivity index (χ1) is 11.4. The minimum absolute atomic E-state index is 0.0896. The molecule has 2 aromatic rings. The van der Waals surface area contributed by atoms with E-state index in [1.807, 2.05) is 6.07 Å². The van der Waals surface area contributed by atoms with Gasteiger partial charge in [0.1, 0.15) is 5.60 Å². The molecule has 0 aliphatic carbocycles. The van der Waals surface area contributed by atoms with Crippen LogP contribution in [-0.4, -0.2) is 23.5 Å². The molecule has 5 heteroatoms. The van der Waals surface area contributed by atoms with E-state index in [1.165, 1.54) is 0 Å². The molecule has 0 aliphatic rings. The Morgan fingerprint density at radius 1 is 1.12 bits per heavy atom. The number of carbonyl (C=O) groups is 2. The van der Waals surface area contributed by atoms with Gasteiger partial charge in [-0.05, 0) is 30.7 Å². The number of hydrogen-bond donors (Lipinski definition) is 3. The molecule has 0 aromatic heterocycles. The van der Waals surface area contributed by atoms with Gasteiger partial charge in [-0.25, -0.2) is 0 Å². The fourth-order valence-corrected chi connectivity index (χ4v) is 2.11. The summed E-state index contributed by atoms with van der Waals surface area (Å²) >= 11 is 0. The van der Waals surface area contributed by atoms with Crippen LogP contribution in [0.2, 0.25) is 0 Å². The van der Waals surface area contributed by atoms with E-state index in [-0.39, 0.29) is 6.54 Å². The highest BCUT2D eigenvalue weighted by molar-refractivity contribution is 6.39. The molecule has 2 aromatic carbocycles. The number of rotatable bonds is 4. The van der Waals surface area contributed by atoms with Gasteiger partial charge >= 0.3 is 11.8 Å². The van der Waals surface area contributed by atoms with Crippen molar-refractivity contribution in [3.63, 3.8) is 0 Å². The Bertz CT molecular complexity index is 777. The molecule has 0 spiro atoms. The average molecular weight is 322 g/mol. The van der Waals surface area contributed by atoms with Crippen molar-refractivity contribution in [2.75, 3.05) is 11.9 Å². The van der Waals surface area contributed by atoms with Gasteiger partial charge in [-0.1, -0.05) is 42.3 Å². The van der Waals surface area contributed by atoms with Crippen LogP contribution >= 0.6 is 0 Å². The standard InChI is InChI=1S/C19H18N2O3/c1-3-14-8-7-11-16(12-14)21-18(23)17(22)20-13-19(2,24)15-9-5-4-6-10-15/h1,4-12,24H,13H2,2H3,(H,20,22)(H,21,23). The Labute approximate surface area is 140 Å². The highest BCUT2D eigenvalue weighted by Gasteiger charge is 2.25. The molecule has 0 saturated heterocycles. The molecule has 5 nitrogen and oxygen atoms in total. The minimum atomic E-state index is -1.28. The van der Waals surface area contributed by atoms with Crippen molar-refractivity contribution >= 4 is 17.5 Å². The second kappa shape index (κ2) is 7.44. The second-order valence-electron chi connectivity index (χ2n) is 5.50. The molecule has 0 heterocycles. The van der Waals surface area contributed by atoms with E-state index in [0.29, 0.717) is 16.8 Å². The fraction of sp³-hybridized carbons (Fsp3) is 0.158. The van der Waals surface area contributed by atoms with Crippen LogP contribution in [0.1, 0.15) is 18.1 Å². The average Bonchev–Trinajstić information content (AvgIpc) is 2.60. The van der Waals surface area contributed by atoms with Gasteiger partial charge in [-0.2, -0.15) is 0 Å². The van der Waals surface area contributed by atoms with Crippen LogP contribution < -0.4 is 10.6 Å². The molecule has 0 saturated carbocycles. The summed E-state index contributed by atoms with van der Waals surface area (Å²) in [6.45, 7) is 1.48. The van der Waals surface area contributed by atoms with E-state index in [2.05, 4.69) is 16.6 Å². The van der Waals surface area contributed by atoms with E-state index in [1.54, 1.807) is 55.5 Å². The molecule has 3 N–H and O–H groups in total. The molecule has 0 bridgehead atoms. The van der Waals surface area contributed by atoms with Gasteiger partial charge < -0.3 is 15.7 Å². The van der Waals surface area contributed by atoms with Crippen molar-refractivity contribution in [2.45, 2.75) is 12.5 Å². The van der Waals surface area contributed by atoms with Crippen LogP contribution in [-0.2, 0) is 15.2 Å². The third-order valence-electron chi connectivity index (χ3n) is 3.48. The van der Waals surface area contributed by atoms with Crippen LogP contribution in [0, 0.1) is 12.3 Å². The molecule has 24 heavy (non-hydrogen) atoms. The summed E-state index contributed by atoms with van der Waals surface area (Å²) in [6.07, 6.45) is 5.29. The molecule has 0 fully saturated rings. The Hall–Kier alpha value is -3.10. The Morgan fingerprint density at radius 2 is 1.83 bits per heavy atom. The number of nitrogens with one attached hydrogen (secondary N) is 2. The van der Waals surface area contributed by atoms with Crippen molar-refractivity contribution < 1.29 is 14.7 Å². The van der Waals surface area contributed by atoms with Crippen LogP contribution in [0.15, 0.2) is 54.6 Å². The zero-order valence-corrected chi connectivity index (χ0v) is 13.2. The Morgan fingerprint density at radius 3 is 2.50 bits per heavy atom. The smallest absolute Gasteiger partial charge is 0.313 e. The quantitative estimate of drug-likeness (QED) is 0.591. The number of anilines is 1. The predicted octanol–water partition coefficient (Wildman–Crippen LogP) is 1.63. The normalized spacial score (nSPS) is 12.5. The van der Waals surface area contributed by atoms with Crippen molar-refractivity contribution in [3.05, 3.63) is 65.7 Å². The number of amides is 2. The van der Waals surface area contributed by atoms with Gasteiger partial charge in [0.25, 0.3) is 0 Å². The fourth-order valence-electron chi connectivity index (χ4n) is 2.11. The Balaban J connectivity index is 1.94. The lowest BCUT2D eigenvalue weighted by atomic mass is 9.96. The molecule has 2 amide bonds. The highest BCUT2D eigenvalue weighted by atomic mass is 16.3. The first-order valence-electron chi connectivity index (χ1n) is 7.36. The van der Waals surface area contributed by atoms with E-state index in [0.717, 1.165) is 0 Å². The van der Waals surface area contributed by atoms with Gasteiger partial charge in [-0.15, -0.1) is 6.42 Å². The summed E-state index contributed by atoms with van der Waals surface area (Å²) in [5.74, 6) is 0.786. The monoisotopic (exact) mass is 322 g/mol. The third-order valence-corrected chi connectivity index (χ3v) is 3.48. The number of carbonyl (C=O) groups excluding carboxylic acids is 2. The first-order valence-corrected chi connectivity index (χ1v) is 7.36. The van der Waals surface area contributed by atoms with Crippen LogP contribution in [0.3, 0.4) is 0 Å². The molecule has 1 atom stereocenters. The summed E-state index contributed by atoms with van der Waals surface area (Å²) in [6, 6.07) is 15.5. The van der Waals surface area contributed by atoms with E-state index in [4.69, 9.17) is 6.42 Å². The first kappa shape index (κ1) is 17.3. The number of benzene rings is 2. The van der Waals surface area contributed by atoms with Crippen molar-refractivity contribution in [1.29, 1.82) is 0 Å². The summed E-state index contributed by atoms with van der Waals surface area (Å²) in [7, 11) is 0. The van der Waals surface area contributed by atoms with E-state index in [9.17, 15) is 14.7 Å². The van der Waals surface area contributed by atoms with Gasteiger partial charge in [0.15, 0.2) is 0 Å². The number of terminal acetylenes is 1. The van der Waals surface area contributed by atoms with Gasteiger partial charge in [-0.3, -0.25) is 9.59 Å². The van der Waals surface area contributed by atoms with Crippen molar-refractivity contribution in [3.8, 4) is 12.3 Å². The van der Waals surface area contributed by atoms with Crippen molar-refractivity contribution in [2.24, 2.45) is 0 Å². The molecule has 1 unspecified atom stereocenters. The topological polar surface area (TPSA) is 78.4 Å². The molecule has 122 valence electrons. The third kappa shape index (κ3) is 4.45. The number of aliphatic hydroxyl groups is 1. The second-order valence-corrected chi connectivity index (χ2v) is 5.50. The Kier molecular flexibility index (Phi) is 5.35.